The van der Waals surface area contributed by atoms with E-state index in [2.05, 4.69) is 27.8 Å². The summed E-state index contributed by atoms with van der Waals surface area (Å²) in [4.78, 5) is 66.5. The van der Waals surface area contributed by atoms with E-state index in [1.807, 2.05) is 6.92 Å². The van der Waals surface area contributed by atoms with Crippen LogP contribution in [-0.4, -0.2) is 81.1 Å². The average molecular weight is 1000 g/mol. The summed E-state index contributed by atoms with van der Waals surface area (Å²) in [5.41, 5.74) is 0.710. The Labute approximate surface area is 416 Å². The first-order valence-electron chi connectivity index (χ1n) is 23.6. The van der Waals surface area contributed by atoms with E-state index in [9.17, 15) is 39.3 Å². The molecule has 18 heteroatoms. The van der Waals surface area contributed by atoms with Crippen LogP contribution in [0.25, 0.3) is 10.8 Å². The molecule has 69 heavy (non-hydrogen) atoms. The number of aldehydes is 1. The lowest BCUT2D eigenvalue weighted by molar-refractivity contribution is -0.139. The molecule has 1 atom stereocenters. The number of esters is 1. The quantitative estimate of drug-likeness (QED) is 0.0104. The van der Waals surface area contributed by atoms with Crippen molar-refractivity contribution in [2.24, 2.45) is 0 Å². The number of aromatic hydroxyl groups is 3. The van der Waals surface area contributed by atoms with E-state index in [0.717, 1.165) is 60.5 Å². The lowest BCUT2D eigenvalue weighted by atomic mass is 10.0. The molecule has 5 N–H and O–H groups in total. The van der Waals surface area contributed by atoms with Crippen molar-refractivity contribution in [2.45, 2.75) is 136 Å². The SMILES string of the molecule is CCCCCCCCCCCCCCCCN(C(=O)Oc1cc(C(=O)NCCC)c(Sc2nnc(SC(C)C(=O)OC)s2)c(O)c1O)c1cccc2c(O)c(C(=O)Nc3ccccc3C=O)ccc12. The number of carbonyl (C=O) groups is 5. The number of rotatable bonds is 28. The Morgan fingerprint density at radius 3 is 2.04 bits per heavy atom. The summed E-state index contributed by atoms with van der Waals surface area (Å²) in [6, 6.07) is 15.6. The Balaban J connectivity index is 1.40. The molecule has 0 saturated carbocycles. The Morgan fingerprint density at radius 2 is 1.39 bits per heavy atom. The van der Waals surface area contributed by atoms with Gasteiger partial charge in [-0.3, -0.25) is 24.1 Å². The number of methoxy groups -OCH3 is 1. The molecule has 1 heterocycles. The second kappa shape index (κ2) is 28.0. The van der Waals surface area contributed by atoms with Crippen LogP contribution >= 0.6 is 34.9 Å². The Hall–Kier alpha value is -5.85. The van der Waals surface area contributed by atoms with Crippen LogP contribution in [0.3, 0.4) is 0 Å². The molecule has 5 rings (SSSR count). The van der Waals surface area contributed by atoms with Crippen LogP contribution in [0.2, 0.25) is 0 Å². The molecule has 15 nitrogen and oxygen atoms in total. The van der Waals surface area contributed by atoms with Crippen molar-refractivity contribution in [3.63, 3.8) is 0 Å². The number of phenolic OH excluding ortho intramolecular Hbond substituents is 3. The fourth-order valence-corrected chi connectivity index (χ4v) is 10.9. The van der Waals surface area contributed by atoms with Gasteiger partial charge in [0.25, 0.3) is 11.8 Å². The zero-order valence-corrected chi connectivity index (χ0v) is 42.2. The van der Waals surface area contributed by atoms with Gasteiger partial charge in [0.1, 0.15) is 11.0 Å². The number of anilines is 2. The number of amides is 3. The number of fused-ring (bicyclic) bond motifs is 1. The van der Waals surface area contributed by atoms with Crippen LogP contribution in [0, 0.1) is 0 Å². The summed E-state index contributed by atoms with van der Waals surface area (Å²) < 4.78 is 11.4. The third kappa shape index (κ3) is 15.3. The summed E-state index contributed by atoms with van der Waals surface area (Å²) in [5.74, 6) is -4.06. The van der Waals surface area contributed by atoms with Crippen LogP contribution in [0.1, 0.15) is 148 Å². The van der Waals surface area contributed by atoms with Gasteiger partial charge in [0.2, 0.25) is 5.75 Å². The Kier molecular flexibility index (Phi) is 21.9. The molecule has 0 saturated heterocycles. The van der Waals surface area contributed by atoms with Crippen LogP contribution < -0.4 is 20.3 Å². The number of nitrogens with one attached hydrogen (secondary N) is 2. The van der Waals surface area contributed by atoms with E-state index in [1.165, 1.54) is 81.9 Å². The number of para-hydroxylation sites is 1. The molecule has 0 spiro atoms. The van der Waals surface area contributed by atoms with Gasteiger partial charge < -0.3 is 35.4 Å². The number of phenols is 3. The van der Waals surface area contributed by atoms with Crippen molar-refractivity contribution in [1.82, 2.24) is 15.5 Å². The molecular weight excluding hydrogens is 939 g/mol. The minimum absolute atomic E-state index is 0.0621. The maximum Gasteiger partial charge on any atom is 0.419 e. The molecule has 0 fully saturated rings. The number of aromatic nitrogens is 2. The molecular formula is C51H63N5O10S3. The number of ether oxygens (including phenoxy) is 2. The van der Waals surface area contributed by atoms with Gasteiger partial charge in [-0.05, 0) is 50.1 Å². The fraction of sp³-hybridized carbons (Fsp3) is 0.431. The number of hydrogen-bond acceptors (Lipinski definition) is 15. The average Bonchev–Trinajstić information content (AvgIpc) is 3.80. The standard InChI is InChI=1S/C51H63N5O10S3/c1-5-7-8-9-10-11-12-13-14-15-16-17-18-21-30-56(40-26-22-24-36-35(40)27-28-37(42(36)58)47(62)53-39-25-20-19-23-34(39)32-57)51(64)66-41-31-38(46(61)52-29-6-2)45(44(60)43(41)59)68-50-55-54-49(69-50)67-33(3)48(63)65-4/h19-20,22-28,31-33,58-60H,5-18,21,29-30H2,1-4H3,(H,52,61)(H,53,62). The third-order valence-corrected chi connectivity index (χ3v) is 14.6. The molecule has 1 unspecified atom stereocenters. The molecule has 0 aliphatic rings. The molecule has 0 aliphatic heterocycles. The zero-order valence-electron chi connectivity index (χ0n) is 39.7. The van der Waals surface area contributed by atoms with Crippen molar-refractivity contribution in [3.05, 3.63) is 77.4 Å². The second-order valence-electron chi connectivity index (χ2n) is 16.5. The van der Waals surface area contributed by atoms with Crippen LogP contribution in [0.15, 0.2) is 74.2 Å². The molecule has 4 aromatic carbocycles. The van der Waals surface area contributed by atoms with Crippen LogP contribution in [-0.2, 0) is 9.53 Å². The predicted molar refractivity (Wildman–Crippen MR) is 273 cm³/mol. The molecule has 0 bridgehead atoms. The third-order valence-electron chi connectivity index (χ3n) is 11.4. The van der Waals surface area contributed by atoms with Gasteiger partial charge >= 0.3 is 12.1 Å². The molecule has 3 amide bonds. The van der Waals surface area contributed by atoms with E-state index < -0.39 is 46.4 Å². The maximum atomic E-state index is 14.5. The second-order valence-corrected chi connectivity index (χ2v) is 20.4. The number of benzene rings is 4. The normalized spacial score (nSPS) is 11.5. The maximum absolute atomic E-state index is 14.5. The van der Waals surface area contributed by atoms with Gasteiger partial charge in [0.15, 0.2) is 26.5 Å². The molecule has 0 radical (unpaired) electrons. The lowest BCUT2D eigenvalue weighted by Gasteiger charge is -2.25. The summed E-state index contributed by atoms with van der Waals surface area (Å²) in [7, 11) is 1.29. The van der Waals surface area contributed by atoms with Gasteiger partial charge in [-0.2, -0.15) is 0 Å². The van der Waals surface area contributed by atoms with Gasteiger partial charge in [0, 0.05) is 29.4 Å². The van der Waals surface area contributed by atoms with Crippen molar-refractivity contribution >= 4 is 87.2 Å². The van der Waals surface area contributed by atoms with Crippen molar-refractivity contribution in [3.8, 4) is 23.0 Å². The molecule has 1 aromatic heterocycles. The smallest absolute Gasteiger partial charge is 0.419 e. The van der Waals surface area contributed by atoms with E-state index >= 15 is 0 Å². The summed E-state index contributed by atoms with van der Waals surface area (Å²) in [6.07, 6.45) is 16.2. The first-order chi connectivity index (χ1) is 33.4. The Morgan fingerprint density at radius 1 is 0.739 bits per heavy atom. The van der Waals surface area contributed by atoms with Gasteiger partial charge in [0.05, 0.1) is 34.5 Å². The van der Waals surface area contributed by atoms with E-state index in [1.54, 1.807) is 55.5 Å². The highest BCUT2D eigenvalue weighted by Gasteiger charge is 2.29. The van der Waals surface area contributed by atoms with Crippen LogP contribution in [0.4, 0.5) is 16.2 Å². The summed E-state index contributed by atoms with van der Waals surface area (Å²) in [6.45, 7) is 6.22. The van der Waals surface area contributed by atoms with Crippen molar-refractivity contribution in [2.75, 3.05) is 30.4 Å². The Bertz CT molecular complexity index is 2540. The highest BCUT2D eigenvalue weighted by atomic mass is 32.2. The molecule has 0 aliphatic carbocycles. The topological polar surface area (TPSA) is 218 Å². The number of unbranched alkanes of at least 4 members (excludes halogenated alkanes) is 13. The number of hydrogen-bond donors (Lipinski definition) is 5. The van der Waals surface area contributed by atoms with Crippen molar-refractivity contribution in [1.29, 1.82) is 0 Å². The van der Waals surface area contributed by atoms with E-state index in [0.29, 0.717) is 45.4 Å². The lowest BCUT2D eigenvalue weighted by Crippen LogP contribution is -2.35. The zero-order chi connectivity index (χ0) is 49.7. The van der Waals surface area contributed by atoms with Crippen LogP contribution in [0.5, 0.6) is 23.0 Å². The summed E-state index contributed by atoms with van der Waals surface area (Å²) in [5, 5.41) is 48.3. The van der Waals surface area contributed by atoms with Crippen molar-refractivity contribution < 1.29 is 48.8 Å². The van der Waals surface area contributed by atoms with Gasteiger partial charge in [-0.25, -0.2) is 4.79 Å². The van der Waals surface area contributed by atoms with Gasteiger partial charge in [-0.1, -0.05) is 163 Å². The van der Waals surface area contributed by atoms with E-state index in [-0.39, 0.29) is 45.0 Å². The first-order valence-corrected chi connectivity index (χ1v) is 26.2. The monoisotopic (exact) mass is 1000 g/mol. The first kappa shape index (κ1) is 54.1. The number of carbonyl (C=O) groups excluding carboxylic acids is 5. The number of thioether (sulfide) groups is 1. The molecule has 370 valence electrons. The van der Waals surface area contributed by atoms with E-state index in [4.69, 9.17) is 9.47 Å². The number of nitrogens with zero attached hydrogens (tertiary/aromatic N) is 3. The van der Waals surface area contributed by atoms with Gasteiger partial charge in [-0.15, -0.1) is 10.2 Å². The highest BCUT2D eigenvalue weighted by Crippen LogP contribution is 2.48. The minimum Gasteiger partial charge on any atom is -0.506 e. The minimum atomic E-state index is -0.940. The molecule has 5 aromatic rings. The predicted octanol–water partition coefficient (Wildman–Crippen LogP) is 12.3. The fourth-order valence-electron chi connectivity index (χ4n) is 7.61. The largest absolute Gasteiger partial charge is 0.506 e. The highest BCUT2D eigenvalue weighted by molar-refractivity contribution is 8.04. The summed E-state index contributed by atoms with van der Waals surface area (Å²) >= 11 is 3.10.